The molecule has 0 bridgehead atoms. The highest BCUT2D eigenvalue weighted by Gasteiger charge is 2.38. The number of aromatic nitrogens is 1. The van der Waals surface area contributed by atoms with E-state index in [-0.39, 0.29) is 10.1 Å². The molecule has 0 spiro atoms. The van der Waals surface area contributed by atoms with Crippen LogP contribution in [0.4, 0.5) is 5.69 Å². The van der Waals surface area contributed by atoms with Gasteiger partial charge in [-0.1, -0.05) is 18.0 Å². The summed E-state index contributed by atoms with van der Waals surface area (Å²) in [6.07, 6.45) is 2.02. The Hall–Kier alpha value is -1.52. The van der Waals surface area contributed by atoms with Crippen molar-refractivity contribution in [3.8, 4) is 0 Å². The van der Waals surface area contributed by atoms with Crippen molar-refractivity contribution < 1.29 is 13.2 Å². The van der Waals surface area contributed by atoms with Gasteiger partial charge < -0.3 is 5.32 Å². The number of hydrogen-bond donors (Lipinski definition) is 1. The van der Waals surface area contributed by atoms with E-state index in [1.165, 1.54) is 10.4 Å². The quantitative estimate of drug-likeness (QED) is 0.628. The second-order valence-electron chi connectivity index (χ2n) is 6.59. The zero-order valence-corrected chi connectivity index (χ0v) is 18.2. The Bertz CT molecular complexity index is 1140. The number of benzene rings is 1. The number of thiazole rings is 1. The fourth-order valence-corrected chi connectivity index (χ4v) is 7.43. The van der Waals surface area contributed by atoms with Crippen molar-refractivity contribution in [2.45, 2.75) is 36.4 Å². The van der Waals surface area contributed by atoms with Crippen molar-refractivity contribution in [2.75, 3.05) is 11.9 Å². The van der Waals surface area contributed by atoms with E-state index in [0.29, 0.717) is 23.0 Å². The summed E-state index contributed by atoms with van der Waals surface area (Å²) in [5, 5.41) is 3.82. The van der Waals surface area contributed by atoms with Gasteiger partial charge in [0.2, 0.25) is 5.91 Å². The molecule has 0 saturated carbocycles. The molecule has 0 aliphatic carbocycles. The number of thiophene rings is 1. The van der Waals surface area contributed by atoms with Crippen molar-refractivity contribution in [3.05, 3.63) is 39.7 Å². The number of aryl methyl sites for hydroxylation is 1. The Labute approximate surface area is 176 Å². The van der Waals surface area contributed by atoms with Crippen molar-refractivity contribution in [1.82, 2.24) is 9.29 Å². The fraction of sp³-hybridized carbons (Fsp3) is 0.333. The maximum absolute atomic E-state index is 13.0. The Morgan fingerprint density at radius 3 is 2.82 bits per heavy atom. The molecule has 1 saturated heterocycles. The van der Waals surface area contributed by atoms with Crippen LogP contribution in [0.5, 0.6) is 0 Å². The van der Waals surface area contributed by atoms with E-state index in [1.54, 1.807) is 17.4 Å². The minimum absolute atomic E-state index is 0.163. The number of rotatable bonds is 4. The summed E-state index contributed by atoms with van der Waals surface area (Å²) in [7, 11) is -3.76. The largest absolute Gasteiger partial charge is 0.325 e. The Balaban J connectivity index is 1.58. The summed E-state index contributed by atoms with van der Waals surface area (Å²) in [4.78, 5) is 17.4. The molecule has 0 radical (unpaired) electrons. The Morgan fingerprint density at radius 2 is 2.07 bits per heavy atom. The van der Waals surface area contributed by atoms with Gasteiger partial charge in [0.25, 0.3) is 10.0 Å². The molecule has 1 amide bonds. The number of piperidine rings is 1. The number of amides is 1. The molecule has 1 aliphatic rings. The summed E-state index contributed by atoms with van der Waals surface area (Å²) in [5.74, 6) is -0.322. The molecule has 1 N–H and O–H groups in total. The van der Waals surface area contributed by atoms with Crippen LogP contribution in [0, 0.1) is 6.92 Å². The van der Waals surface area contributed by atoms with E-state index < -0.39 is 16.1 Å². The number of sulfonamides is 1. The van der Waals surface area contributed by atoms with Gasteiger partial charge in [0.1, 0.15) is 10.3 Å². The zero-order valence-electron chi connectivity index (χ0n) is 15.0. The number of nitrogens with zero attached hydrogens (tertiary/aromatic N) is 2. The van der Waals surface area contributed by atoms with Crippen LogP contribution in [0.25, 0.3) is 10.2 Å². The predicted molar refractivity (Wildman–Crippen MR) is 114 cm³/mol. The maximum atomic E-state index is 13.0. The third kappa shape index (κ3) is 3.81. The van der Waals surface area contributed by atoms with Crippen LogP contribution < -0.4 is 5.32 Å². The van der Waals surface area contributed by atoms with Crippen LogP contribution in [0.1, 0.15) is 24.3 Å². The van der Waals surface area contributed by atoms with E-state index in [9.17, 15) is 13.2 Å². The highest BCUT2D eigenvalue weighted by atomic mass is 35.5. The topological polar surface area (TPSA) is 79.4 Å². The van der Waals surface area contributed by atoms with Gasteiger partial charge in [0.15, 0.2) is 0 Å². The lowest BCUT2D eigenvalue weighted by atomic mass is 10.0. The lowest BCUT2D eigenvalue weighted by Gasteiger charge is -2.33. The molecule has 148 valence electrons. The molecule has 3 heterocycles. The molecular weight excluding hydrogens is 438 g/mol. The minimum atomic E-state index is -3.76. The van der Waals surface area contributed by atoms with Crippen molar-refractivity contribution >= 4 is 66.1 Å². The third-order valence-electron chi connectivity index (χ3n) is 4.63. The Kier molecular flexibility index (Phi) is 5.45. The van der Waals surface area contributed by atoms with Gasteiger partial charge in [0.05, 0.1) is 19.6 Å². The molecular formula is C18H18ClN3O3S3. The highest BCUT2D eigenvalue weighted by molar-refractivity contribution is 7.91. The summed E-state index contributed by atoms with van der Waals surface area (Å²) in [5.41, 5.74) is 1.44. The molecule has 10 heteroatoms. The first-order chi connectivity index (χ1) is 13.3. The molecule has 1 aromatic carbocycles. The van der Waals surface area contributed by atoms with Gasteiger partial charge in [0, 0.05) is 12.2 Å². The van der Waals surface area contributed by atoms with Crippen molar-refractivity contribution in [2.24, 2.45) is 0 Å². The fourth-order valence-electron chi connectivity index (χ4n) is 3.35. The predicted octanol–water partition coefficient (Wildman–Crippen LogP) is 4.50. The van der Waals surface area contributed by atoms with Crippen LogP contribution in [0.2, 0.25) is 4.34 Å². The minimum Gasteiger partial charge on any atom is -0.325 e. The van der Waals surface area contributed by atoms with Crippen LogP contribution in [0.15, 0.2) is 34.5 Å². The lowest BCUT2D eigenvalue weighted by molar-refractivity contribution is -0.120. The Morgan fingerprint density at radius 1 is 1.25 bits per heavy atom. The van der Waals surface area contributed by atoms with Crippen molar-refractivity contribution in [3.63, 3.8) is 0 Å². The number of carbonyl (C=O) groups excluding carboxylic acids is 1. The van der Waals surface area contributed by atoms with E-state index >= 15 is 0 Å². The second-order valence-corrected chi connectivity index (χ2v) is 11.7. The van der Waals surface area contributed by atoms with Crippen LogP contribution in [-0.2, 0) is 14.8 Å². The first-order valence-corrected chi connectivity index (χ1v) is 12.2. The normalized spacial score (nSPS) is 18.4. The highest BCUT2D eigenvalue weighted by Crippen LogP contribution is 2.32. The number of hydrogen-bond acceptors (Lipinski definition) is 6. The molecule has 1 fully saturated rings. The van der Waals surface area contributed by atoms with E-state index in [4.69, 9.17) is 11.6 Å². The van der Waals surface area contributed by atoms with Crippen molar-refractivity contribution in [1.29, 1.82) is 0 Å². The average molecular weight is 456 g/mol. The van der Waals surface area contributed by atoms with Gasteiger partial charge in [-0.25, -0.2) is 13.4 Å². The van der Waals surface area contributed by atoms with Gasteiger partial charge in [-0.15, -0.1) is 22.7 Å². The number of carbonyl (C=O) groups is 1. The van der Waals surface area contributed by atoms with Gasteiger partial charge in [-0.3, -0.25) is 4.79 Å². The van der Waals surface area contributed by atoms with E-state index in [0.717, 1.165) is 39.4 Å². The summed E-state index contributed by atoms with van der Waals surface area (Å²) < 4.78 is 29.0. The molecule has 6 nitrogen and oxygen atoms in total. The summed E-state index contributed by atoms with van der Waals surface area (Å²) in [6, 6.07) is 7.86. The summed E-state index contributed by atoms with van der Waals surface area (Å²) in [6.45, 7) is 2.25. The molecule has 0 unspecified atom stereocenters. The van der Waals surface area contributed by atoms with E-state index in [2.05, 4.69) is 10.3 Å². The molecule has 28 heavy (non-hydrogen) atoms. The lowest BCUT2D eigenvalue weighted by Crippen LogP contribution is -2.49. The molecule has 1 aliphatic heterocycles. The standard InChI is InChI=1S/C18H18ClN3O3S3/c1-11-20-13-10-12(5-6-15(13)26-11)21-18(23)14-4-2-3-9-22(14)28(24,25)17-8-7-16(19)27-17/h5-8,10,14H,2-4,9H2,1H3,(H,21,23)/t14-/m1/s1. The number of fused-ring (bicyclic) bond motifs is 1. The van der Waals surface area contributed by atoms with E-state index in [1.807, 2.05) is 25.1 Å². The second kappa shape index (κ2) is 7.72. The monoisotopic (exact) mass is 455 g/mol. The van der Waals surface area contributed by atoms with Gasteiger partial charge in [-0.2, -0.15) is 4.31 Å². The molecule has 4 rings (SSSR count). The molecule has 1 atom stereocenters. The zero-order chi connectivity index (χ0) is 19.9. The third-order valence-corrected chi connectivity index (χ3v) is 9.19. The molecule has 2 aromatic heterocycles. The van der Waals surface area contributed by atoms with Crippen LogP contribution in [-0.4, -0.2) is 36.2 Å². The first kappa shape index (κ1) is 19.8. The molecule has 3 aromatic rings. The first-order valence-electron chi connectivity index (χ1n) is 8.80. The average Bonchev–Trinajstić information content (AvgIpc) is 3.26. The maximum Gasteiger partial charge on any atom is 0.253 e. The van der Waals surface area contributed by atoms with Crippen LogP contribution in [0.3, 0.4) is 0 Å². The number of halogens is 1. The number of anilines is 1. The smallest absolute Gasteiger partial charge is 0.253 e. The number of nitrogens with one attached hydrogen (secondary N) is 1. The van der Waals surface area contributed by atoms with Gasteiger partial charge >= 0.3 is 0 Å². The summed E-state index contributed by atoms with van der Waals surface area (Å²) >= 11 is 8.51. The van der Waals surface area contributed by atoms with Crippen LogP contribution >= 0.6 is 34.3 Å². The van der Waals surface area contributed by atoms with Gasteiger partial charge in [-0.05, 0) is 50.1 Å². The SMILES string of the molecule is Cc1nc2cc(NC(=O)[C@H]3CCCCN3S(=O)(=O)c3ccc(Cl)s3)ccc2s1.